The van der Waals surface area contributed by atoms with Crippen LogP contribution in [0.1, 0.15) is 73.6 Å². The molecule has 0 aromatic carbocycles. The van der Waals surface area contributed by atoms with E-state index in [-0.39, 0.29) is 0 Å². The molecule has 6 nitrogen and oxygen atoms in total. The largest absolute Gasteiger partial charge is 0.347 e. The topological polar surface area (TPSA) is 115 Å². The van der Waals surface area contributed by atoms with Crippen molar-refractivity contribution in [2.45, 2.75) is 78.5 Å². The number of hydrogen-bond acceptors (Lipinski definition) is 2. The van der Waals surface area contributed by atoms with Gasteiger partial charge >= 0.3 is 15.2 Å². The highest BCUT2D eigenvalue weighted by molar-refractivity contribution is 7.72. The maximum Gasteiger partial charge on any atom is 0.347 e. The van der Waals surface area contributed by atoms with Crippen molar-refractivity contribution in [2.24, 2.45) is 0 Å². The van der Waals surface area contributed by atoms with E-state index >= 15 is 0 Å². The van der Waals surface area contributed by atoms with Gasteiger partial charge in [0, 0.05) is 0 Å². The van der Waals surface area contributed by atoms with Gasteiger partial charge in [0.25, 0.3) is 0 Å². The van der Waals surface area contributed by atoms with Crippen molar-refractivity contribution in [3.05, 3.63) is 46.6 Å². The van der Waals surface area contributed by atoms with Gasteiger partial charge in [-0.15, -0.1) is 0 Å². The molecule has 0 spiro atoms. The molecular formula is C20H36O6P2. The van der Waals surface area contributed by atoms with Crippen molar-refractivity contribution < 1.29 is 28.7 Å². The first-order chi connectivity index (χ1) is 12.6. The Labute approximate surface area is 169 Å². The molecule has 0 amide bonds. The first-order valence-electron chi connectivity index (χ1n) is 9.34. The molecule has 0 aliphatic rings. The van der Waals surface area contributed by atoms with E-state index in [1.54, 1.807) is 20.8 Å². The summed E-state index contributed by atoms with van der Waals surface area (Å²) in [6, 6.07) is 0. The number of rotatable bonds is 11. The predicted octanol–water partition coefficient (Wildman–Crippen LogP) is 5.81. The van der Waals surface area contributed by atoms with Gasteiger partial charge in [-0.2, -0.15) is 0 Å². The molecule has 0 aliphatic carbocycles. The monoisotopic (exact) mass is 434 g/mol. The molecule has 4 N–H and O–H groups in total. The van der Waals surface area contributed by atoms with Crippen LogP contribution in [0, 0.1) is 0 Å². The fraction of sp³-hybridized carbons (Fsp3) is 0.600. The van der Waals surface area contributed by atoms with E-state index in [9.17, 15) is 28.7 Å². The second-order valence-electron chi connectivity index (χ2n) is 7.85. The van der Waals surface area contributed by atoms with E-state index in [1.165, 1.54) is 17.2 Å². The Bertz CT molecular complexity index is 704. The van der Waals surface area contributed by atoms with Crippen molar-refractivity contribution in [3.63, 3.8) is 0 Å². The van der Waals surface area contributed by atoms with Gasteiger partial charge in [-0.3, -0.25) is 9.13 Å². The predicted molar refractivity (Wildman–Crippen MR) is 116 cm³/mol. The molecule has 8 heteroatoms. The van der Waals surface area contributed by atoms with Gasteiger partial charge in [-0.1, -0.05) is 46.6 Å². The van der Waals surface area contributed by atoms with Gasteiger partial charge in [-0.25, -0.2) is 0 Å². The van der Waals surface area contributed by atoms with E-state index in [1.807, 2.05) is 6.92 Å². The first-order valence-corrected chi connectivity index (χ1v) is 12.6. The average molecular weight is 434 g/mol. The Morgan fingerprint density at radius 3 is 1.57 bits per heavy atom. The summed E-state index contributed by atoms with van der Waals surface area (Å²) >= 11 is 0. The van der Waals surface area contributed by atoms with Crippen LogP contribution in [0.5, 0.6) is 0 Å². The summed E-state index contributed by atoms with van der Waals surface area (Å²) in [6.07, 6.45) is 9.36. The molecule has 0 radical (unpaired) electrons. The number of hydrogen-bond donors (Lipinski definition) is 4. The summed E-state index contributed by atoms with van der Waals surface area (Å²) in [6.45, 7) is 11.2. The lowest BCUT2D eigenvalue weighted by atomic mass is 10.0. The van der Waals surface area contributed by atoms with Crippen LogP contribution in [-0.2, 0) is 9.13 Å². The normalized spacial score (nSPS) is 14.1. The van der Waals surface area contributed by atoms with Crippen molar-refractivity contribution in [3.8, 4) is 0 Å². The standard InChI is InChI=1S/C20H36O6P2/c1-16(2)9-7-10-18(5)11-8-12-19(6)15-20(27(21,22)23,28(24,25)26)14-13-17(3)4/h9,11,13,15H,7-8,10,12,14H2,1-6H3,(H2,21,22,23)(H2,24,25,26)/b18-11+,19-15+. The summed E-state index contributed by atoms with van der Waals surface area (Å²) in [5.41, 5.74) is 3.76. The van der Waals surface area contributed by atoms with E-state index < -0.39 is 26.5 Å². The fourth-order valence-electron chi connectivity index (χ4n) is 2.69. The molecule has 0 bridgehead atoms. The lowest BCUT2D eigenvalue weighted by molar-refractivity contribution is 0.321. The fourth-order valence-corrected chi connectivity index (χ4v) is 5.49. The minimum Gasteiger partial charge on any atom is -0.323 e. The molecule has 0 aromatic heterocycles. The SMILES string of the molecule is CC(C)=CCC/C(C)=C/CC/C(C)=C/C(CC=C(C)C)(P(=O)(O)O)P(=O)(O)O. The Kier molecular flexibility index (Phi) is 11.1. The zero-order valence-electron chi connectivity index (χ0n) is 17.8. The third-order valence-corrected chi connectivity index (χ3v) is 8.62. The minimum absolute atomic E-state index is 0.418. The lowest BCUT2D eigenvalue weighted by Gasteiger charge is -2.32. The van der Waals surface area contributed by atoms with Crippen LogP contribution in [0.25, 0.3) is 0 Å². The number of allylic oxidation sites excluding steroid dienone is 8. The van der Waals surface area contributed by atoms with E-state index in [4.69, 9.17) is 0 Å². The molecule has 0 atom stereocenters. The van der Waals surface area contributed by atoms with Crippen molar-refractivity contribution in [1.29, 1.82) is 0 Å². The summed E-state index contributed by atoms with van der Waals surface area (Å²) in [5.74, 6) is 0. The maximum atomic E-state index is 12.1. The van der Waals surface area contributed by atoms with Gasteiger partial charge in [-0.05, 0) is 73.6 Å². The van der Waals surface area contributed by atoms with Crippen LogP contribution in [0.4, 0.5) is 0 Å². The molecule has 0 unspecified atom stereocenters. The Hall–Kier alpha value is -0.740. The van der Waals surface area contributed by atoms with Crippen molar-refractivity contribution in [1.82, 2.24) is 0 Å². The lowest BCUT2D eigenvalue weighted by Crippen LogP contribution is -2.26. The molecule has 0 aromatic rings. The molecule has 0 saturated carbocycles. The Balaban J connectivity index is 5.53. The van der Waals surface area contributed by atoms with E-state index in [0.29, 0.717) is 18.4 Å². The molecule has 0 fully saturated rings. The second-order valence-corrected chi connectivity index (χ2v) is 12.0. The third kappa shape index (κ3) is 9.17. The smallest absolute Gasteiger partial charge is 0.323 e. The van der Waals surface area contributed by atoms with E-state index in [0.717, 1.165) is 24.5 Å². The van der Waals surface area contributed by atoms with Crippen LogP contribution in [0.15, 0.2) is 46.6 Å². The minimum atomic E-state index is -5.12. The quantitative estimate of drug-likeness (QED) is 0.241. The first kappa shape index (κ1) is 27.3. The third-order valence-electron chi connectivity index (χ3n) is 4.42. The molecule has 0 aliphatic heterocycles. The van der Waals surface area contributed by atoms with Crippen LogP contribution in [-0.4, -0.2) is 24.5 Å². The summed E-state index contributed by atoms with van der Waals surface area (Å²) in [4.78, 5) is 36.7. The average Bonchev–Trinajstić information content (AvgIpc) is 2.48. The molecule has 162 valence electrons. The van der Waals surface area contributed by atoms with Gasteiger partial charge in [0.05, 0.1) is 0 Å². The molecular weight excluding hydrogens is 398 g/mol. The molecule has 28 heavy (non-hydrogen) atoms. The summed E-state index contributed by atoms with van der Waals surface area (Å²) in [5, 5.41) is 0. The molecule has 0 saturated heterocycles. The maximum absolute atomic E-state index is 12.1. The van der Waals surface area contributed by atoms with Crippen LogP contribution in [0.2, 0.25) is 0 Å². The summed E-state index contributed by atoms with van der Waals surface area (Å²) in [7, 11) is -10.2. The molecule has 0 heterocycles. The van der Waals surface area contributed by atoms with Crippen LogP contribution >= 0.6 is 15.2 Å². The highest BCUT2D eigenvalue weighted by atomic mass is 31.2. The van der Waals surface area contributed by atoms with Crippen molar-refractivity contribution >= 4 is 15.2 Å². The van der Waals surface area contributed by atoms with Gasteiger partial charge in [0.1, 0.15) is 0 Å². The zero-order valence-corrected chi connectivity index (χ0v) is 19.6. The highest BCUT2D eigenvalue weighted by Gasteiger charge is 2.57. The van der Waals surface area contributed by atoms with Gasteiger partial charge < -0.3 is 19.6 Å². The van der Waals surface area contributed by atoms with Gasteiger partial charge in [0.2, 0.25) is 0 Å². The second kappa shape index (κ2) is 11.4. The van der Waals surface area contributed by atoms with Crippen molar-refractivity contribution in [2.75, 3.05) is 0 Å². The zero-order chi connectivity index (χ0) is 22.2. The van der Waals surface area contributed by atoms with Gasteiger partial charge in [0.15, 0.2) is 4.90 Å². The highest BCUT2D eigenvalue weighted by Crippen LogP contribution is 2.71. The Morgan fingerprint density at radius 1 is 0.714 bits per heavy atom. The Morgan fingerprint density at radius 2 is 1.14 bits per heavy atom. The van der Waals surface area contributed by atoms with E-state index in [2.05, 4.69) is 26.0 Å². The van der Waals surface area contributed by atoms with Crippen LogP contribution in [0.3, 0.4) is 0 Å². The summed E-state index contributed by atoms with van der Waals surface area (Å²) < 4.78 is 24.2. The van der Waals surface area contributed by atoms with Crippen LogP contribution < -0.4 is 0 Å². The molecule has 0 rings (SSSR count).